The third-order valence-corrected chi connectivity index (χ3v) is 5.04. The summed E-state index contributed by atoms with van der Waals surface area (Å²) in [7, 11) is 0. The zero-order valence-electron chi connectivity index (χ0n) is 15.2. The first-order valence-corrected chi connectivity index (χ1v) is 9.03. The molecule has 2 heterocycles. The van der Waals surface area contributed by atoms with E-state index in [0.29, 0.717) is 25.9 Å². The third-order valence-electron chi connectivity index (χ3n) is 5.04. The van der Waals surface area contributed by atoms with Crippen molar-refractivity contribution in [1.29, 1.82) is 0 Å². The summed E-state index contributed by atoms with van der Waals surface area (Å²) in [6.45, 7) is 2.40. The average molecular weight is 373 g/mol. The molecule has 1 unspecified atom stereocenters. The maximum absolute atomic E-state index is 12.8. The maximum Gasteiger partial charge on any atom is 0.417 e. The van der Waals surface area contributed by atoms with Crippen LogP contribution in [0.2, 0.25) is 0 Å². The summed E-state index contributed by atoms with van der Waals surface area (Å²) in [5.41, 5.74) is 0.805. The van der Waals surface area contributed by atoms with Crippen LogP contribution < -0.4 is 5.32 Å². The van der Waals surface area contributed by atoms with E-state index in [9.17, 15) is 19.2 Å². The van der Waals surface area contributed by atoms with Crippen molar-refractivity contribution in [2.45, 2.75) is 25.8 Å². The van der Waals surface area contributed by atoms with Gasteiger partial charge in [-0.3, -0.25) is 14.4 Å². The Balaban J connectivity index is 1.68. The van der Waals surface area contributed by atoms with Gasteiger partial charge in [-0.25, -0.2) is 9.69 Å². The predicted octanol–water partition coefficient (Wildman–Crippen LogP) is 1.08. The molecule has 1 aromatic rings. The predicted molar refractivity (Wildman–Crippen MR) is 95.4 cm³/mol. The number of piperidine rings is 1. The molecule has 0 aliphatic carbocycles. The van der Waals surface area contributed by atoms with Gasteiger partial charge >= 0.3 is 6.09 Å². The molecule has 2 aliphatic rings. The van der Waals surface area contributed by atoms with Gasteiger partial charge in [-0.05, 0) is 18.4 Å². The van der Waals surface area contributed by atoms with Crippen LogP contribution in [-0.4, -0.2) is 59.9 Å². The van der Waals surface area contributed by atoms with Gasteiger partial charge < -0.3 is 15.0 Å². The summed E-state index contributed by atoms with van der Waals surface area (Å²) >= 11 is 0. The first-order chi connectivity index (χ1) is 13.0. The van der Waals surface area contributed by atoms with Crippen molar-refractivity contribution in [1.82, 2.24) is 15.1 Å². The Morgan fingerprint density at radius 1 is 1.19 bits per heavy atom. The molecule has 0 saturated carbocycles. The molecule has 0 spiro atoms. The van der Waals surface area contributed by atoms with E-state index in [-0.39, 0.29) is 30.9 Å². The summed E-state index contributed by atoms with van der Waals surface area (Å²) in [4.78, 5) is 50.6. The van der Waals surface area contributed by atoms with E-state index >= 15 is 0 Å². The van der Waals surface area contributed by atoms with Crippen LogP contribution in [0, 0.1) is 5.92 Å². The fraction of sp³-hybridized carbons (Fsp3) is 0.474. The lowest BCUT2D eigenvalue weighted by atomic mass is 9.95. The number of nitrogens with zero attached hydrogens (tertiary/aromatic N) is 2. The number of nitrogens with one attached hydrogen (secondary N) is 1. The minimum absolute atomic E-state index is 0.0158. The van der Waals surface area contributed by atoms with E-state index in [4.69, 9.17) is 4.74 Å². The Labute approximate surface area is 157 Å². The highest BCUT2D eigenvalue weighted by molar-refractivity contribution is 5.97. The van der Waals surface area contributed by atoms with E-state index in [0.717, 1.165) is 10.5 Å². The number of hydrogen-bond donors (Lipinski definition) is 1. The van der Waals surface area contributed by atoms with Crippen molar-refractivity contribution in [3.05, 3.63) is 35.9 Å². The zero-order valence-corrected chi connectivity index (χ0v) is 15.2. The molecule has 4 amide bonds. The van der Waals surface area contributed by atoms with Crippen LogP contribution in [-0.2, 0) is 19.1 Å². The van der Waals surface area contributed by atoms with Crippen molar-refractivity contribution < 1.29 is 23.9 Å². The molecule has 1 atom stereocenters. The van der Waals surface area contributed by atoms with Crippen molar-refractivity contribution in [2.24, 2.45) is 5.92 Å². The van der Waals surface area contributed by atoms with Gasteiger partial charge in [0.1, 0.15) is 0 Å². The number of imide groups is 1. The highest BCUT2D eigenvalue weighted by Gasteiger charge is 2.35. The number of benzene rings is 1. The number of cyclic esters (lactones) is 1. The lowest BCUT2D eigenvalue weighted by Gasteiger charge is -2.32. The van der Waals surface area contributed by atoms with Crippen molar-refractivity contribution in [3.8, 4) is 0 Å². The number of likely N-dealkylation sites (tertiary alicyclic amines) is 1. The third kappa shape index (κ3) is 4.45. The Kier molecular flexibility index (Phi) is 5.73. The van der Waals surface area contributed by atoms with E-state index < -0.39 is 18.0 Å². The van der Waals surface area contributed by atoms with Gasteiger partial charge in [0, 0.05) is 25.9 Å². The summed E-state index contributed by atoms with van der Waals surface area (Å²) in [6, 6.07) is 8.70. The molecule has 0 aromatic heterocycles. The summed E-state index contributed by atoms with van der Waals surface area (Å²) in [5.74, 6) is -0.730. The molecular weight excluding hydrogens is 350 g/mol. The van der Waals surface area contributed by atoms with E-state index in [2.05, 4.69) is 5.32 Å². The Hall–Kier alpha value is -2.90. The number of rotatable bonds is 5. The normalized spacial score (nSPS) is 19.0. The largest absolute Gasteiger partial charge is 0.439 e. The fourth-order valence-electron chi connectivity index (χ4n) is 3.41. The van der Waals surface area contributed by atoms with Crippen molar-refractivity contribution in [2.75, 3.05) is 26.2 Å². The second kappa shape index (κ2) is 8.20. The van der Waals surface area contributed by atoms with Crippen LogP contribution in [0.25, 0.3) is 0 Å². The molecule has 27 heavy (non-hydrogen) atoms. The molecule has 1 aromatic carbocycles. The molecule has 2 saturated heterocycles. The second-order valence-corrected chi connectivity index (χ2v) is 6.81. The number of amides is 4. The van der Waals surface area contributed by atoms with Gasteiger partial charge in [0.05, 0.1) is 12.6 Å². The molecule has 3 rings (SSSR count). The molecular formula is C19H23N3O5. The van der Waals surface area contributed by atoms with Gasteiger partial charge in [0.15, 0.2) is 6.61 Å². The average Bonchev–Trinajstić information content (AvgIpc) is 3.00. The Morgan fingerprint density at radius 3 is 2.41 bits per heavy atom. The second-order valence-electron chi connectivity index (χ2n) is 6.81. The molecule has 0 bridgehead atoms. The first-order valence-electron chi connectivity index (χ1n) is 9.03. The SMILES string of the molecule is CC(=O)N1CCC(C(=O)NC(CN2C(=O)COC2=O)c2ccccc2)CC1. The van der Waals surface area contributed by atoms with Gasteiger partial charge in [0.2, 0.25) is 11.8 Å². The van der Waals surface area contributed by atoms with Gasteiger partial charge in [-0.2, -0.15) is 0 Å². The van der Waals surface area contributed by atoms with Crippen molar-refractivity contribution in [3.63, 3.8) is 0 Å². The van der Waals surface area contributed by atoms with E-state index in [1.54, 1.807) is 4.90 Å². The van der Waals surface area contributed by atoms with Crippen LogP contribution in [0.5, 0.6) is 0 Å². The maximum atomic E-state index is 12.8. The Bertz CT molecular complexity index is 712. The number of carbonyl (C=O) groups excluding carboxylic acids is 4. The summed E-state index contributed by atoms with van der Waals surface area (Å²) < 4.78 is 4.76. The molecule has 1 N–H and O–H groups in total. The quantitative estimate of drug-likeness (QED) is 0.833. The molecule has 2 fully saturated rings. The standard InChI is InChI=1S/C19H23N3O5/c1-13(23)21-9-7-15(8-10-21)18(25)20-16(14-5-3-2-4-6-14)11-22-17(24)12-27-19(22)26/h2-6,15-16H,7-12H2,1H3,(H,20,25). The van der Waals surface area contributed by atoms with Crippen molar-refractivity contribution >= 4 is 23.8 Å². The van der Waals surface area contributed by atoms with Gasteiger partial charge in [-0.15, -0.1) is 0 Å². The number of ether oxygens (including phenoxy) is 1. The van der Waals surface area contributed by atoms with E-state index in [1.807, 2.05) is 30.3 Å². The minimum Gasteiger partial charge on any atom is -0.439 e. The topological polar surface area (TPSA) is 96.0 Å². The fourth-order valence-corrected chi connectivity index (χ4v) is 3.41. The smallest absolute Gasteiger partial charge is 0.417 e. The molecule has 0 radical (unpaired) electrons. The zero-order chi connectivity index (χ0) is 19.4. The highest BCUT2D eigenvalue weighted by atomic mass is 16.6. The van der Waals surface area contributed by atoms with Crippen LogP contribution in [0.1, 0.15) is 31.4 Å². The van der Waals surface area contributed by atoms with Crippen LogP contribution in [0.3, 0.4) is 0 Å². The summed E-state index contributed by atoms with van der Waals surface area (Å²) in [6.07, 6.45) is 0.500. The number of hydrogen-bond acceptors (Lipinski definition) is 5. The lowest BCUT2D eigenvalue weighted by molar-refractivity contribution is -0.134. The lowest BCUT2D eigenvalue weighted by Crippen LogP contribution is -2.45. The minimum atomic E-state index is -0.690. The monoisotopic (exact) mass is 373 g/mol. The van der Waals surface area contributed by atoms with E-state index in [1.165, 1.54) is 6.92 Å². The molecule has 2 aliphatic heterocycles. The highest BCUT2D eigenvalue weighted by Crippen LogP contribution is 2.21. The van der Waals surface area contributed by atoms with Crippen LogP contribution in [0.15, 0.2) is 30.3 Å². The molecule has 144 valence electrons. The molecule has 8 heteroatoms. The van der Waals surface area contributed by atoms with Crippen LogP contribution >= 0.6 is 0 Å². The first kappa shape index (κ1) is 18.9. The number of carbonyl (C=O) groups is 4. The van der Waals surface area contributed by atoms with Gasteiger partial charge in [0.25, 0.3) is 5.91 Å². The summed E-state index contributed by atoms with van der Waals surface area (Å²) in [5, 5.41) is 2.97. The van der Waals surface area contributed by atoms with Gasteiger partial charge in [-0.1, -0.05) is 30.3 Å². The van der Waals surface area contributed by atoms with Crippen LogP contribution in [0.4, 0.5) is 4.79 Å². The Morgan fingerprint density at radius 2 is 1.85 bits per heavy atom. The molecule has 8 nitrogen and oxygen atoms in total.